The Morgan fingerprint density at radius 2 is 1.53 bits per heavy atom. The van der Waals surface area contributed by atoms with E-state index in [1.54, 1.807) is 6.20 Å². The van der Waals surface area contributed by atoms with E-state index in [4.69, 9.17) is 15.9 Å². The van der Waals surface area contributed by atoms with Gasteiger partial charge in [-0.05, 0) is 23.6 Å². The van der Waals surface area contributed by atoms with Crippen molar-refractivity contribution in [3.05, 3.63) is 71.9 Å². The Morgan fingerprint density at radius 1 is 0.842 bits per heavy atom. The third-order valence-corrected chi connectivity index (χ3v) is 5.80. The second-order valence-electron chi connectivity index (χ2n) is 8.70. The molecular formula is C26H29N5O7. The van der Waals surface area contributed by atoms with Gasteiger partial charge in [-0.2, -0.15) is 0 Å². The maximum atomic E-state index is 13.1. The van der Waals surface area contributed by atoms with Gasteiger partial charge in [0.1, 0.15) is 12.1 Å². The summed E-state index contributed by atoms with van der Waals surface area (Å²) in [6.07, 6.45) is 1.22. The molecule has 3 unspecified atom stereocenters. The molecule has 12 heteroatoms. The number of carbonyl (C=O) groups excluding carboxylic acids is 3. The van der Waals surface area contributed by atoms with E-state index in [1.807, 2.05) is 54.6 Å². The maximum Gasteiger partial charge on any atom is 0.326 e. The first-order valence-electron chi connectivity index (χ1n) is 11.8. The first-order valence-corrected chi connectivity index (χ1v) is 11.8. The van der Waals surface area contributed by atoms with Crippen LogP contribution in [0, 0.1) is 0 Å². The zero-order chi connectivity index (χ0) is 27.7. The Morgan fingerprint density at radius 3 is 2.21 bits per heavy atom. The summed E-state index contributed by atoms with van der Waals surface area (Å²) in [7, 11) is 0. The van der Waals surface area contributed by atoms with Gasteiger partial charge in [0.15, 0.2) is 0 Å². The van der Waals surface area contributed by atoms with Crippen LogP contribution in [0.25, 0.3) is 10.9 Å². The molecule has 0 aliphatic carbocycles. The van der Waals surface area contributed by atoms with Gasteiger partial charge in [0.05, 0.1) is 19.0 Å². The minimum absolute atomic E-state index is 0.0814. The Balaban J connectivity index is 1.70. The molecule has 0 bridgehead atoms. The number of benzene rings is 2. The molecule has 3 amide bonds. The first kappa shape index (κ1) is 27.9. The zero-order valence-corrected chi connectivity index (χ0v) is 20.3. The summed E-state index contributed by atoms with van der Waals surface area (Å²) in [5, 5.41) is 25.9. The number of hydrogen-bond donors (Lipinski definition) is 7. The first-order chi connectivity index (χ1) is 18.1. The van der Waals surface area contributed by atoms with Gasteiger partial charge in [-0.3, -0.25) is 19.2 Å². The van der Waals surface area contributed by atoms with Gasteiger partial charge in [0.2, 0.25) is 17.7 Å². The highest BCUT2D eigenvalue weighted by atomic mass is 16.4. The third kappa shape index (κ3) is 7.90. The lowest BCUT2D eigenvalue weighted by Gasteiger charge is -2.21. The molecule has 0 saturated heterocycles. The predicted octanol–water partition coefficient (Wildman–Crippen LogP) is -0.0745. The molecule has 0 spiro atoms. The number of carbonyl (C=O) groups is 5. The number of nitrogens with two attached hydrogens (primary N) is 1. The average molecular weight is 524 g/mol. The maximum absolute atomic E-state index is 13.1. The number of aliphatic carboxylic acids is 2. The molecule has 12 nitrogen and oxygen atoms in total. The Bertz CT molecular complexity index is 1310. The van der Waals surface area contributed by atoms with E-state index < -0.39 is 60.8 Å². The van der Waals surface area contributed by atoms with Crippen molar-refractivity contribution < 1.29 is 34.2 Å². The highest BCUT2D eigenvalue weighted by Crippen LogP contribution is 2.19. The Labute approximate surface area is 217 Å². The molecular weight excluding hydrogens is 494 g/mol. The van der Waals surface area contributed by atoms with Crippen LogP contribution in [0.5, 0.6) is 0 Å². The topological polar surface area (TPSA) is 204 Å². The monoisotopic (exact) mass is 523 g/mol. The van der Waals surface area contributed by atoms with Crippen LogP contribution >= 0.6 is 0 Å². The van der Waals surface area contributed by atoms with E-state index in [2.05, 4.69) is 20.9 Å². The van der Waals surface area contributed by atoms with Crippen LogP contribution < -0.4 is 21.7 Å². The molecule has 0 radical (unpaired) electrons. The van der Waals surface area contributed by atoms with E-state index in [9.17, 15) is 24.0 Å². The molecule has 3 atom stereocenters. The number of carboxylic acid groups (broad SMARTS) is 2. The van der Waals surface area contributed by atoms with Crippen molar-refractivity contribution in [2.45, 2.75) is 37.4 Å². The highest BCUT2D eigenvalue weighted by Gasteiger charge is 2.27. The third-order valence-electron chi connectivity index (χ3n) is 5.80. The molecule has 0 fully saturated rings. The van der Waals surface area contributed by atoms with E-state index >= 15 is 0 Å². The fourth-order valence-electron chi connectivity index (χ4n) is 3.88. The van der Waals surface area contributed by atoms with Crippen molar-refractivity contribution in [3.8, 4) is 0 Å². The van der Waals surface area contributed by atoms with Crippen molar-refractivity contribution in [3.63, 3.8) is 0 Å². The molecule has 1 heterocycles. The molecule has 3 rings (SSSR count). The van der Waals surface area contributed by atoms with Crippen LogP contribution in [0.2, 0.25) is 0 Å². The lowest BCUT2D eigenvalue weighted by molar-refractivity contribution is -0.147. The van der Waals surface area contributed by atoms with Crippen LogP contribution in [0.15, 0.2) is 60.8 Å². The molecule has 3 aromatic rings. The lowest BCUT2D eigenvalue weighted by atomic mass is 10.0. The Hall–Kier alpha value is -4.71. The summed E-state index contributed by atoms with van der Waals surface area (Å²) in [6.45, 7) is -0.626. The van der Waals surface area contributed by atoms with Gasteiger partial charge in [-0.1, -0.05) is 48.5 Å². The number of H-pyrrole nitrogens is 1. The van der Waals surface area contributed by atoms with Crippen LogP contribution in [-0.4, -0.2) is 69.5 Å². The fourth-order valence-corrected chi connectivity index (χ4v) is 3.88. The number of nitrogens with one attached hydrogen (secondary N) is 4. The van der Waals surface area contributed by atoms with Gasteiger partial charge in [-0.15, -0.1) is 0 Å². The predicted molar refractivity (Wildman–Crippen MR) is 137 cm³/mol. The molecule has 0 saturated carbocycles. The second kappa shape index (κ2) is 13.0. The molecule has 8 N–H and O–H groups in total. The van der Waals surface area contributed by atoms with Crippen LogP contribution in [-0.2, 0) is 36.8 Å². The molecule has 1 aromatic heterocycles. The number of carboxylic acids is 2. The summed E-state index contributed by atoms with van der Waals surface area (Å²) < 4.78 is 0. The molecule has 2 aromatic carbocycles. The smallest absolute Gasteiger partial charge is 0.326 e. The second-order valence-corrected chi connectivity index (χ2v) is 8.70. The van der Waals surface area contributed by atoms with Crippen molar-refractivity contribution in [2.75, 3.05) is 6.54 Å². The van der Waals surface area contributed by atoms with Crippen LogP contribution in [0.3, 0.4) is 0 Å². The van der Waals surface area contributed by atoms with E-state index in [-0.39, 0.29) is 12.8 Å². The number of aromatic amines is 1. The molecule has 0 aliphatic rings. The van der Waals surface area contributed by atoms with Crippen LogP contribution in [0.4, 0.5) is 0 Å². The standard InChI is InChI=1S/C26H29N5O7/c27-18(10-15-6-2-1-3-7-15)24(35)31-20(11-16-13-28-19-9-5-4-8-17(16)19)25(36)29-14-22(32)30-21(26(37)38)12-23(33)34/h1-9,13,18,20-21,28H,10-12,14,27H2,(H,29,36)(H,30,32)(H,31,35)(H,33,34)(H,37,38). The van der Waals surface area contributed by atoms with Gasteiger partial charge < -0.3 is 36.9 Å². The minimum atomic E-state index is -1.66. The van der Waals surface area contributed by atoms with Crippen molar-refractivity contribution in [2.24, 2.45) is 5.73 Å². The van der Waals surface area contributed by atoms with E-state index in [0.29, 0.717) is 0 Å². The van der Waals surface area contributed by atoms with E-state index in [0.717, 1.165) is 22.0 Å². The van der Waals surface area contributed by atoms with Crippen molar-refractivity contribution >= 4 is 40.6 Å². The number of amides is 3. The van der Waals surface area contributed by atoms with Gasteiger partial charge in [-0.25, -0.2) is 4.79 Å². The summed E-state index contributed by atoms with van der Waals surface area (Å²) in [5.74, 6) is -5.09. The zero-order valence-electron chi connectivity index (χ0n) is 20.3. The molecule has 0 aliphatic heterocycles. The number of para-hydroxylation sites is 1. The fraction of sp³-hybridized carbons (Fsp3) is 0.269. The highest BCUT2D eigenvalue weighted by molar-refractivity contribution is 5.94. The molecule has 200 valence electrons. The number of aromatic nitrogens is 1. The number of hydrogen-bond acceptors (Lipinski definition) is 6. The number of rotatable bonds is 13. The number of fused-ring (bicyclic) bond motifs is 1. The summed E-state index contributed by atoms with van der Waals surface area (Å²) >= 11 is 0. The summed E-state index contributed by atoms with van der Waals surface area (Å²) in [5.41, 5.74) is 8.52. The van der Waals surface area contributed by atoms with Gasteiger partial charge >= 0.3 is 11.9 Å². The van der Waals surface area contributed by atoms with E-state index in [1.165, 1.54) is 0 Å². The average Bonchev–Trinajstić information content (AvgIpc) is 3.29. The Kier molecular flexibility index (Phi) is 9.54. The summed E-state index contributed by atoms with van der Waals surface area (Å²) in [6, 6.07) is 12.9. The van der Waals surface area contributed by atoms with Crippen LogP contribution in [0.1, 0.15) is 17.5 Å². The van der Waals surface area contributed by atoms with Crippen molar-refractivity contribution in [1.29, 1.82) is 0 Å². The van der Waals surface area contributed by atoms with Gasteiger partial charge in [0.25, 0.3) is 0 Å². The van der Waals surface area contributed by atoms with Gasteiger partial charge in [0, 0.05) is 23.5 Å². The lowest BCUT2D eigenvalue weighted by Crippen LogP contribution is -2.54. The molecule has 38 heavy (non-hydrogen) atoms. The SMILES string of the molecule is NC(Cc1ccccc1)C(=O)NC(Cc1c[nH]c2ccccc12)C(=O)NCC(=O)NC(CC(=O)O)C(=O)O. The largest absolute Gasteiger partial charge is 0.481 e. The van der Waals surface area contributed by atoms with Crippen molar-refractivity contribution in [1.82, 2.24) is 20.9 Å². The quantitative estimate of drug-likeness (QED) is 0.161. The normalized spacial score (nSPS) is 13.2. The summed E-state index contributed by atoms with van der Waals surface area (Å²) in [4.78, 5) is 63.3. The minimum Gasteiger partial charge on any atom is -0.481 e.